The second-order valence-electron chi connectivity index (χ2n) is 4.91. The van der Waals surface area contributed by atoms with Crippen LogP contribution in [0.25, 0.3) is 0 Å². The highest BCUT2D eigenvalue weighted by Crippen LogP contribution is 2.31. The minimum absolute atomic E-state index is 0.602. The molecule has 2 aliphatic heterocycles. The molecule has 0 amide bonds. The van der Waals surface area contributed by atoms with E-state index >= 15 is 0 Å². The minimum atomic E-state index is 0.602. The van der Waals surface area contributed by atoms with Gasteiger partial charge < -0.3 is 5.32 Å². The first-order valence-corrected chi connectivity index (χ1v) is 7.37. The average molecular weight is 316 g/mol. The molecule has 0 spiro atoms. The first-order valence-electron chi connectivity index (χ1n) is 6.20. The summed E-state index contributed by atoms with van der Waals surface area (Å²) in [6.07, 6.45) is 3.95. The number of halogens is 2. The van der Waals surface area contributed by atoms with Crippen molar-refractivity contribution in [3.8, 4) is 0 Å². The smallest absolute Gasteiger partial charge is 0.0549 e. The van der Waals surface area contributed by atoms with Crippen LogP contribution in [0.4, 0.5) is 5.69 Å². The van der Waals surface area contributed by atoms with Gasteiger partial charge in [-0.2, -0.15) is 0 Å². The number of hydrogen-bond donors (Lipinski definition) is 1. The summed E-state index contributed by atoms with van der Waals surface area (Å²) in [7, 11) is 0. The summed E-state index contributed by atoms with van der Waals surface area (Å²) < 4.78 is 0.963. The van der Waals surface area contributed by atoms with Crippen LogP contribution in [-0.4, -0.2) is 30.1 Å². The fourth-order valence-corrected chi connectivity index (χ4v) is 3.55. The summed E-state index contributed by atoms with van der Waals surface area (Å²) >= 11 is 9.47. The number of anilines is 1. The third-order valence-electron chi connectivity index (χ3n) is 3.88. The molecule has 2 atom stereocenters. The predicted molar refractivity (Wildman–Crippen MR) is 75.8 cm³/mol. The molecule has 2 nitrogen and oxygen atoms in total. The van der Waals surface area contributed by atoms with Gasteiger partial charge in [0.1, 0.15) is 0 Å². The molecule has 1 N–H and O–H groups in total. The van der Waals surface area contributed by atoms with Crippen LogP contribution in [0.15, 0.2) is 22.7 Å². The van der Waals surface area contributed by atoms with E-state index in [1.165, 1.54) is 38.0 Å². The number of fused-ring (bicyclic) bond motifs is 1. The molecule has 0 aromatic heterocycles. The summed E-state index contributed by atoms with van der Waals surface area (Å²) in [6.45, 7) is 2.53. The zero-order valence-electron chi connectivity index (χ0n) is 9.63. The Morgan fingerprint density at radius 1 is 1.29 bits per heavy atom. The lowest BCUT2D eigenvalue weighted by Crippen LogP contribution is -2.33. The lowest BCUT2D eigenvalue weighted by Gasteiger charge is -2.22. The van der Waals surface area contributed by atoms with Crippen LogP contribution in [0.3, 0.4) is 0 Å². The van der Waals surface area contributed by atoms with Crippen LogP contribution in [0.5, 0.6) is 0 Å². The lowest BCUT2D eigenvalue weighted by molar-refractivity contribution is 0.318. The number of benzene rings is 1. The van der Waals surface area contributed by atoms with E-state index in [0.29, 0.717) is 6.04 Å². The summed E-state index contributed by atoms with van der Waals surface area (Å²) in [5.41, 5.74) is 1.17. The van der Waals surface area contributed by atoms with Crippen molar-refractivity contribution in [3.05, 3.63) is 27.7 Å². The van der Waals surface area contributed by atoms with Gasteiger partial charge in [0.05, 0.1) is 5.02 Å². The summed E-state index contributed by atoms with van der Waals surface area (Å²) in [6, 6.07) is 7.41. The molecule has 0 radical (unpaired) electrons. The van der Waals surface area contributed by atoms with Crippen molar-refractivity contribution >= 4 is 33.2 Å². The quantitative estimate of drug-likeness (QED) is 0.894. The van der Waals surface area contributed by atoms with Gasteiger partial charge in [-0.15, -0.1) is 0 Å². The number of nitrogens with one attached hydrogen (secondary N) is 1. The first-order chi connectivity index (χ1) is 8.24. The molecule has 3 rings (SSSR count). The molecule has 0 bridgehead atoms. The molecular formula is C13H16BrClN2. The van der Waals surface area contributed by atoms with Crippen molar-refractivity contribution in [1.82, 2.24) is 4.90 Å². The van der Waals surface area contributed by atoms with Gasteiger partial charge >= 0.3 is 0 Å². The van der Waals surface area contributed by atoms with E-state index < -0.39 is 0 Å². The van der Waals surface area contributed by atoms with Crippen LogP contribution < -0.4 is 5.32 Å². The highest BCUT2D eigenvalue weighted by molar-refractivity contribution is 9.10. The van der Waals surface area contributed by atoms with Crippen LogP contribution in [0.1, 0.15) is 19.3 Å². The van der Waals surface area contributed by atoms with Gasteiger partial charge in [-0.3, -0.25) is 4.90 Å². The Balaban J connectivity index is 1.72. The Morgan fingerprint density at radius 3 is 3.00 bits per heavy atom. The number of rotatable bonds is 2. The molecule has 0 aliphatic carbocycles. The molecular weight excluding hydrogens is 300 g/mol. The van der Waals surface area contributed by atoms with Crippen molar-refractivity contribution in [1.29, 1.82) is 0 Å². The van der Waals surface area contributed by atoms with Crippen molar-refractivity contribution < 1.29 is 0 Å². The van der Waals surface area contributed by atoms with Gasteiger partial charge in [-0.05, 0) is 59.9 Å². The lowest BCUT2D eigenvalue weighted by atomic mass is 10.1. The molecule has 2 heterocycles. The van der Waals surface area contributed by atoms with E-state index in [4.69, 9.17) is 11.6 Å². The number of nitrogens with zero attached hydrogens (tertiary/aromatic N) is 1. The summed E-state index contributed by atoms with van der Waals surface area (Å²) in [4.78, 5) is 2.61. The highest BCUT2D eigenvalue weighted by Gasteiger charge is 2.36. The standard InChI is InChI=1S/C13H16BrClN2/c14-10-8-9(3-4-11(10)15)16-12-5-7-17-6-1-2-13(12)17/h3-4,8,12-13,16H,1-2,5-7H2. The maximum absolute atomic E-state index is 6.00. The van der Waals surface area contributed by atoms with Gasteiger partial charge in [0.25, 0.3) is 0 Å². The van der Waals surface area contributed by atoms with Crippen molar-refractivity contribution in [2.45, 2.75) is 31.3 Å². The Morgan fingerprint density at radius 2 is 2.18 bits per heavy atom. The Bertz CT molecular complexity index is 424. The Kier molecular flexibility index (Phi) is 3.33. The van der Waals surface area contributed by atoms with E-state index in [1.54, 1.807) is 0 Å². The van der Waals surface area contributed by atoms with E-state index in [2.05, 4.69) is 38.3 Å². The topological polar surface area (TPSA) is 15.3 Å². The molecule has 92 valence electrons. The maximum Gasteiger partial charge on any atom is 0.0549 e. The second kappa shape index (κ2) is 4.79. The minimum Gasteiger partial charge on any atom is -0.381 e. The molecule has 17 heavy (non-hydrogen) atoms. The fraction of sp³-hybridized carbons (Fsp3) is 0.538. The molecule has 1 aromatic rings. The van der Waals surface area contributed by atoms with Gasteiger partial charge in [-0.25, -0.2) is 0 Å². The Labute approximate surface area is 115 Å². The second-order valence-corrected chi connectivity index (χ2v) is 6.18. The van der Waals surface area contributed by atoms with Crippen LogP contribution in [-0.2, 0) is 0 Å². The largest absolute Gasteiger partial charge is 0.381 e. The predicted octanol–water partition coefficient (Wildman–Crippen LogP) is 3.75. The molecule has 2 saturated heterocycles. The molecule has 1 aromatic carbocycles. The molecule has 2 unspecified atom stereocenters. The van der Waals surface area contributed by atoms with Gasteiger partial charge in [-0.1, -0.05) is 11.6 Å². The SMILES string of the molecule is Clc1ccc(NC2CCN3CCCC23)cc1Br. The van der Waals surface area contributed by atoms with E-state index in [9.17, 15) is 0 Å². The van der Waals surface area contributed by atoms with Crippen LogP contribution in [0.2, 0.25) is 5.02 Å². The summed E-state index contributed by atoms with van der Waals surface area (Å²) in [5, 5.41) is 4.42. The van der Waals surface area contributed by atoms with Gasteiger partial charge in [0, 0.05) is 28.8 Å². The van der Waals surface area contributed by atoms with Crippen molar-refractivity contribution in [2.24, 2.45) is 0 Å². The fourth-order valence-electron chi connectivity index (χ4n) is 3.05. The van der Waals surface area contributed by atoms with E-state index in [0.717, 1.165) is 15.5 Å². The van der Waals surface area contributed by atoms with Crippen molar-refractivity contribution in [2.75, 3.05) is 18.4 Å². The molecule has 0 saturated carbocycles. The van der Waals surface area contributed by atoms with Crippen LogP contribution >= 0.6 is 27.5 Å². The zero-order chi connectivity index (χ0) is 11.8. The van der Waals surface area contributed by atoms with Crippen LogP contribution in [0, 0.1) is 0 Å². The van der Waals surface area contributed by atoms with Crippen molar-refractivity contribution in [3.63, 3.8) is 0 Å². The number of hydrogen-bond acceptors (Lipinski definition) is 2. The van der Waals surface area contributed by atoms with E-state index in [-0.39, 0.29) is 0 Å². The average Bonchev–Trinajstić information content (AvgIpc) is 2.88. The molecule has 2 aliphatic rings. The highest BCUT2D eigenvalue weighted by atomic mass is 79.9. The maximum atomic E-state index is 6.00. The van der Waals surface area contributed by atoms with Gasteiger partial charge in [0.15, 0.2) is 0 Å². The Hall–Kier alpha value is -0.250. The normalized spacial score (nSPS) is 28.4. The molecule has 2 fully saturated rings. The first kappa shape index (κ1) is 11.8. The molecule has 4 heteroatoms. The third kappa shape index (κ3) is 2.33. The van der Waals surface area contributed by atoms with E-state index in [1.807, 2.05) is 6.07 Å². The van der Waals surface area contributed by atoms with Gasteiger partial charge in [0.2, 0.25) is 0 Å². The zero-order valence-corrected chi connectivity index (χ0v) is 12.0. The monoisotopic (exact) mass is 314 g/mol. The third-order valence-corrected chi connectivity index (χ3v) is 5.09. The summed E-state index contributed by atoms with van der Waals surface area (Å²) in [5.74, 6) is 0.